The van der Waals surface area contributed by atoms with Crippen LogP contribution >= 0.6 is 0 Å². The normalized spacial score (nSPS) is 15.1. The van der Waals surface area contributed by atoms with Crippen LogP contribution in [0.15, 0.2) is 0 Å². The van der Waals surface area contributed by atoms with E-state index in [0.717, 1.165) is 19.3 Å². The number of hydrogen-bond acceptors (Lipinski definition) is 2. The number of carboxylic acids is 1. The summed E-state index contributed by atoms with van der Waals surface area (Å²) in [5.41, 5.74) is -1.00. The van der Waals surface area contributed by atoms with Crippen LogP contribution in [0, 0.1) is 5.92 Å². The lowest BCUT2D eigenvalue weighted by molar-refractivity contribution is -0.166. The Morgan fingerprint density at radius 1 is 1.31 bits per heavy atom. The number of rotatable bonds is 9. The van der Waals surface area contributed by atoms with Crippen LogP contribution in [-0.2, 0) is 9.53 Å². The van der Waals surface area contributed by atoms with Gasteiger partial charge in [-0.2, -0.15) is 0 Å². The summed E-state index contributed by atoms with van der Waals surface area (Å²) in [5.74, 6) is -0.473. The van der Waals surface area contributed by atoms with Gasteiger partial charge >= 0.3 is 5.97 Å². The molecule has 16 heavy (non-hydrogen) atoms. The van der Waals surface area contributed by atoms with Crippen molar-refractivity contribution in [3.63, 3.8) is 0 Å². The number of hydrogen-bond donors (Lipinski definition) is 1. The van der Waals surface area contributed by atoms with Crippen molar-refractivity contribution in [3.05, 3.63) is 0 Å². The second kappa shape index (κ2) is 7.66. The molecule has 0 radical (unpaired) electrons. The predicted molar refractivity (Wildman–Crippen MR) is 65.6 cm³/mol. The van der Waals surface area contributed by atoms with Crippen LogP contribution < -0.4 is 0 Å². The Morgan fingerprint density at radius 2 is 1.94 bits per heavy atom. The van der Waals surface area contributed by atoms with E-state index in [2.05, 4.69) is 6.92 Å². The highest BCUT2D eigenvalue weighted by Gasteiger charge is 2.33. The van der Waals surface area contributed by atoms with Gasteiger partial charge in [-0.15, -0.1) is 0 Å². The SMILES string of the molecule is CCCCCCC(C)(OCC(C)C)C(=O)O. The van der Waals surface area contributed by atoms with Gasteiger partial charge in [0.2, 0.25) is 0 Å². The third-order valence-electron chi connectivity index (χ3n) is 2.70. The van der Waals surface area contributed by atoms with Crippen LogP contribution in [0.5, 0.6) is 0 Å². The molecule has 96 valence electrons. The molecule has 0 fully saturated rings. The Balaban J connectivity index is 4.07. The molecule has 0 spiro atoms. The van der Waals surface area contributed by atoms with E-state index in [1.807, 2.05) is 13.8 Å². The predicted octanol–water partition coefficient (Wildman–Crippen LogP) is 3.47. The van der Waals surface area contributed by atoms with E-state index in [1.54, 1.807) is 6.92 Å². The Morgan fingerprint density at radius 3 is 2.38 bits per heavy atom. The van der Waals surface area contributed by atoms with Crippen LogP contribution in [0.1, 0.15) is 59.8 Å². The average Bonchev–Trinajstić information content (AvgIpc) is 2.21. The monoisotopic (exact) mass is 230 g/mol. The molecular formula is C13H26O3. The molecule has 3 nitrogen and oxygen atoms in total. The smallest absolute Gasteiger partial charge is 0.335 e. The molecule has 1 N–H and O–H groups in total. The van der Waals surface area contributed by atoms with Crippen molar-refractivity contribution in [1.29, 1.82) is 0 Å². The maximum atomic E-state index is 11.2. The Bertz CT molecular complexity index is 201. The fourth-order valence-electron chi connectivity index (χ4n) is 1.48. The minimum Gasteiger partial charge on any atom is -0.479 e. The molecule has 0 bridgehead atoms. The van der Waals surface area contributed by atoms with Gasteiger partial charge in [-0.05, 0) is 25.7 Å². The molecule has 0 saturated heterocycles. The second-order valence-corrected chi connectivity index (χ2v) is 5.05. The lowest BCUT2D eigenvalue weighted by Gasteiger charge is -2.26. The third kappa shape index (κ3) is 6.11. The van der Waals surface area contributed by atoms with Gasteiger partial charge < -0.3 is 9.84 Å². The van der Waals surface area contributed by atoms with Crippen molar-refractivity contribution in [2.45, 2.75) is 65.4 Å². The summed E-state index contributed by atoms with van der Waals surface area (Å²) in [6, 6.07) is 0. The molecule has 0 heterocycles. The topological polar surface area (TPSA) is 46.5 Å². The van der Waals surface area contributed by atoms with Crippen LogP contribution in [0.4, 0.5) is 0 Å². The van der Waals surface area contributed by atoms with Crippen molar-refractivity contribution in [2.24, 2.45) is 5.92 Å². The number of unbranched alkanes of at least 4 members (excludes halogenated alkanes) is 3. The van der Waals surface area contributed by atoms with E-state index in [9.17, 15) is 9.90 Å². The van der Waals surface area contributed by atoms with E-state index in [4.69, 9.17) is 4.74 Å². The van der Waals surface area contributed by atoms with Crippen molar-refractivity contribution < 1.29 is 14.6 Å². The van der Waals surface area contributed by atoms with E-state index in [1.165, 1.54) is 6.42 Å². The van der Waals surface area contributed by atoms with E-state index in [-0.39, 0.29) is 0 Å². The molecule has 1 atom stereocenters. The molecular weight excluding hydrogens is 204 g/mol. The standard InChI is InChI=1S/C13H26O3/c1-5-6-7-8-9-13(4,12(14)15)16-10-11(2)3/h11H,5-10H2,1-4H3,(H,14,15). The number of aliphatic carboxylic acids is 1. The number of carbonyl (C=O) groups is 1. The summed E-state index contributed by atoms with van der Waals surface area (Å²) in [5, 5.41) is 9.18. The van der Waals surface area contributed by atoms with Gasteiger partial charge in [0.15, 0.2) is 5.60 Å². The molecule has 0 amide bonds. The maximum absolute atomic E-state index is 11.2. The summed E-state index contributed by atoms with van der Waals surface area (Å²) in [6.07, 6.45) is 4.95. The molecule has 0 aromatic heterocycles. The minimum absolute atomic E-state index is 0.370. The first kappa shape index (κ1) is 15.4. The van der Waals surface area contributed by atoms with Crippen molar-refractivity contribution >= 4 is 5.97 Å². The molecule has 0 aliphatic rings. The molecule has 0 aromatic carbocycles. The molecule has 1 unspecified atom stereocenters. The van der Waals surface area contributed by atoms with Crippen LogP contribution in [0.3, 0.4) is 0 Å². The van der Waals surface area contributed by atoms with Crippen molar-refractivity contribution in [3.8, 4) is 0 Å². The first-order valence-electron chi connectivity index (χ1n) is 6.29. The zero-order chi connectivity index (χ0) is 12.6. The fourth-order valence-corrected chi connectivity index (χ4v) is 1.48. The van der Waals surface area contributed by atoms with Crippen LogP contribution in [0.2, 0.25) is 0 Å². The van der Waals surface area contributed by atoms with Gasteiger partial charge in [0, 0.05) is 0 Å². The minimum atomic E-state index is -1.00. The fraction of sp³-hybridized carbons (Fsp3) is 0.923. The number of ether oxygens (including phenoxy) is 1. The molecule has 0 rings (SSSR count). The van der Waals surface area contributed by atoms with Gasteiger partial charge in [-0.1, -0.05) is 40.0 Å². The van der Waals surface area contributed by atoms with Crippen LogP contribution in [0.25, 0.3) is 0 Å². The first-order valence-corrected chi connectivity index (χ1v) is 6.29. The Labute approximate surface area is 99.2 Å². The van der Waals surface area contributed by atoms with Gasteiger partial charge in [0.1, 0.15) is 0 Å². The molecule has 0 aliphatic carbocycles. The zero-order valence-corrected chi connectivity index (χ0v) is 11.1. The highest BCUT2D eigenvalue weighted by molar-refractivity contribution is 5.76. The summed E-state index contributed by atoms with van der Waals surface area (Å²) >= 11 is 0. The molecule has 0 saturated carbocycles. The van der Waals surface area contributed by atoms with E-state index < -0.39 is 11.6 Å². The van der Waals surface area contributed by atoms with E-state index >= 15 is 0 Å². The third-order valence-corrected chi connectivity index (χ3v) is 2.70. The quantitative estimate of drug-likeness (QED) is 0.617. The van der Waals surface area contributed by atoms with E-state index in [0.29, 0.717) is 18.9 Å². The maximum Gasteiger partial charge on any atom is 0.335 e. The highest BCUT2D eigenvalue weighted by Crippen LogP contribution is 2.21. The number of carboxylic acid groups (broad SMARTS) is 1. The van der Waals surface area contributed by atoms with Crippen molar-refractivity contribution in [1.82, 2.24) is 0 Å². The molecule has 0 aromatic rings. The van der Waals surface area contributed by atoms with Crippen molar-refractivity contribution in [2.75, 3.05) is 6.61 Å². The second-order valence-electron chi connectivity index (χ2n) is 5.05. The molecule has 0 aliphatic heterocycles. The lowest BCUT2D eigenvalue weighted by Crippen LogP contribution is -2.39. The average molecular weight is 230 g/mol. The Kier molecular flexibility index (Phi) is 7.39. The Hall–Kier alpha value is -0.570. The lowest BCUT2D eigenvalue weighted by atomic mass is 9.97. The molecule has 3 heteroatoms. The van der Waals surface area contributed by atoms with Gasteiger partial charge in [-0.3, -0.25) is 0 Å². The summed E-state index contributed by atoms with van der Waals surface area (Å²) < 4.78 is 5.53. The summed E-state index contributed by atoms with van der Waals surface area (Å²) in [7, 11) is 0. The van der Waals surface area contributed by atoms with Gasteiger partial charge in [0.05, 0.1) is 6.61 Å². The van der Waals surface area contributed by atoms with Crippen LogP contribution in [-0.4, -0.2) is 23.3 Å². The largest absolute Gasteiger partial charge is 0.479 e. The first-order chi connectivity index (χ1) is 7.42. The summed E-state index contributed by atoms with van der Waals surface area (Å²) in [6.45, 7) is 8.39. The van der Waals surface area contributed by atoms with Gasteiger partial charge in [0.25, 0.3) is 0 Å². The van der Waals surface area contributed by atoms with Gasteiger partial charge in [-0.25, -0.2) is 4.79 Å². The summed E-state index contributed by atoms with van der Waals surface area (Å²) in [4.78, 5) is 11.2. The zero-order valence-electron chi connectivity index (χ0n) is 11.1. The highest BCUT2D eigenvalue weighted by atomic mass is 16.5.